The van der Waals surface area contributed by atoms with Gasteiger partial charge in [-0.05, 0) is 53.9 Å². The molecule has 98 valence electrons. The SMILES string of the molecule is CC1CC(N)CCN1C(=O)c1ccc(F)c(Br)c1. The van der Waals surface area contributed by atoms with E-state index in [2.05, 4.69) is 15.9 Å². The molecule has 0 radical (unpaired) electrons. The number of hydrogen-bond donors (Lipinski definition) is 1. The average Bonchev–Trinajstić information content (AvgIpc) is 2.32. The first-order chi connectivity index (χ1) is 8.49. The summed E-state index contributed by atoms with van der Waals surface area (Å²) in [5, 5.41) is 0. The molecule has 1 fully saturated rings. The number of halogens is 2. The fourth-order valence-corrected chi connectivity index (χ4v) is 2.68. The smallest absolute Gasteiger partial charge is 0.254 e. The lowest BCUT2D eigenvalue weighted by Crippen LogP contribution is -2.48. The molecule has 0 saturated carbocycles. The Bertz CT molecular complexity index is 466. The number of piperidine rings is 1. The summed E-state index contributed by atoms with van der Waals surface area (Å²) in [5.41, 5.74) is 6.38. The van der Waals surface area contributed by atoms with Crippen molar-refractivity contribution in [2.24, 2.45) is 5.73 Å². The maximum atomic E-state index is 13.1. The minimum atomic E-state index is -0.361. The molecule has 2 unspecified atom stereocenters. The second-order valence-electron chi connectivity index (χ2n) is 4.76. The van der Waals surface area contributed by atoms with Crippen LogP contribution in [0.4, 0.5) is 4.39 Å². The Balaban J connectivity index is 2.18. The van der Waals surface area contributed by atoms with Gasteiger partial charge in [-0.25, -0.2) is 4.39 Å². The van der Waals surface area contributed by atoms with Crippen LogP contribution >= 0.6 is 15.9 Å². The predicted octanol–water partition coefficient (Wildman–Crippen LogP) is 2.54. The van der Waals surface area contributed by atoms with E-state index in [4.69, 9.17) is 5.73 Å². The fourth-order valence-electron chi connectivity index (χ4n) is 2.31. The van der Waals surface area contributed by atoms with Crippen molar-refractivity contribution in [1.29, 1.82) is 0 Å². The lowest BCUT2D eigenvalue weighted by molar-refractivity contribution is 0.0619. The zero-order valence-corrected chi connectivity index (χ0v) is 11.8. The molecular weight excluding hydrogens is 299 g/mol. The Kier molecular flexibility index (Phi) is 4.02. The number of nitrogens with zero attached hydrogens (tertiary/aromatic N) is 1. The Morgan fingerprint density at radius 1 is 1.56 bits per heavy atom. The first kappa shape index (κ1) is 13.5. The van der Waals surface area contributed by atoms with Crippen LogP contribution in [-0.2, 0) is 0 Å². The number of nitrogens with two attached hydrogens (primary N) is 1. The van der Waals surface area contributed by atoms with E-state index in [1.54, 1.807) is 0 Å². The summed E-state index contributed by atoms with van der Waals surface area (Å²) in [6.07, 6.45) is 1.63. The maximum absolute atomic E-state index is 13.1. The Labute approximate surface area is 114 Å². The molecule has 0 bridgehead atoms. The Hall–Kier alpha value is -0.940. The van der Waals surface area contributed by atoms with Gasteiger partial charge in [0.2, 0.25) is 0 Å². The first-order valence-corrected chi connectivity index (χ1v) is 6.80. The van der Waals surface area contributed by atoms with Crippen LogP contribution in [0.5, 0.6) is 0 Å². The van der Waals surface area contributed by atoms with Crippen LogP contribution in [0.3, 0.4) is 0 Å². The molecule has 0 aromatic heterocycles. The quantitative estimate of drug-likeness (QED) is 0.866. The summed E-state index contributed by atoms with van der Waals surface area (Å²) in [6.45, 7) is 2.66. The third kappa shape index (κ3) is 2.72. The average molecular weight is 315 g/mol. The lowest BCUT2D eigenvalue weighted by Gasteiger charge is -2.36. The third-order valence-electron chi connectivity index (χ3n) is 3.34. The van der Waals surface area contributed by atoms with E-state index in [-0.39, 0.29) is 23.8 Å². The summed E-state index contributed by atoms with van der Waals surface area (Å²) in [5.74, 6) is -0.421. The summed E-state index contributed by atoms with van der Waals surface area (Å²) in [6, 6.07) is 4.65. The van der Waals surface area contributed by atoms with Crippen LogP contribution in [-0.4, -0.2) is 29.4 Å². The second kappa shape index (κ2) is 5.36. The summed E-state index contributed by atoms with van der Waals surface area (Å²) >= 11 is 3.10. The molecule has 0 spiro atoms. The summed E-state index contributed by atoms with van der Waals surface area (Å²) in [7, 11) is 0. The number of carbonyl (C=O) groups excluding carboxylic acids is 1. The molecule has 1 amide bonds. The van der Waals surface area contributed by atoms with Gasteiger partial charge in [-0.3, -0.25) is 4.79 Å². The van der Waals surface area contributed by atoms with Gasteiger partial charge in [0.25, 0.3) is 5.91 Å². The van der Waals surface area contributed by atoms with Crippen LogP contribution in [0, 0.1) is 5.82 Å². The summed E-state index contributed by atoms with van der Waals surface area (Å²) in [4.78, 5) is 14.1. The molecule has 1 aliphatic rings. The van der Waals surface area contributed by atoms with Crippen molar-refractivity contribution < 1.29 is 9.18 Å². The maximum Gasteiger partial charge on any atom is 0.254 e. The number of hydrogen-bond acceptors (Lipinski definition) is 2. The van der Waals surface area contributed by atoms with Crippen LogP contribution in [0.2, 0.25) is 0 Å². The highest BCUT2D eigenvalue weighted by molar-refractivity contribution is 9.10. The van der Waals surface area contributed by atoms with E-state index in [1.807, 2.05) is 11.8 Å². The van der Waals surface area contributed by atoms with Crippen molar-refractivity contribution in [3.8, 4) is 0 Å². The molecule has 3 nitrogen and oxygen atoms in total. The number of carbonyl (C=O) groups is 1. The van der Waals surface area contributed by atoms with Crippen LogP contribution < -0.4 is 5.73 Å². The van der Waals surface area contributed by atoms with Crippen molar-refractivity contribution in [3.63, 3.8) is 0 Å². The minimum Gasteiger partial charge on any atom is -0.336 e. The number of rotatable bonds is 1. The minimum absolute atomic E-state index is 0.0601. The molecular formula is C13H16BrFN2O. The Morgan fingerprint density at radius 3 is 2.89 bits per heavy atom. The van der Waals surface area contributed by atoms with Gasteiger partial charge in [0, 0.05) is 24.2 Å². The molecule has 2 atom stereocenters. The lowest BCUT2D eigenvalue weighted by atomic mass is 9.98. The van der Waals surface area contributed by atoms with Crippen molar-refractivity contribution in [2.75, 3.05) is 6.54 Å². The van der Waals surface area contributed by atoms with Gasteiger partial charge in [0.05, 0.1) is 4.47 Å². The molecule has 1 saturated heterocycles. The highest BCUT2D eigenvalue weighted by Crippen LogP contribution is 2.22. The highest BCUT2D eigenvalue weighted by atomic mass is 79.9. The van der Waals surface area contributed by atoms with E-state index in [9.17, 15) is 9.18 Å². The van der Waals surface area contributed by atoms with Crippen molar-refractivity contribution in [1.82, 2.24) is 4.90 Å². The molecule has 1 aromatic rings. The van der Waals surface area contributed by atoms with E-state index in [0.29, 0.717) is 16.6 Å². The standard InChI is InChI=1S/C13H16BrFN2O/c1-8-6-10(16)4-5-17(8)13(18)9-2-3-12(15)11(14)7-9/h2-3,7-8,10H,4-6,16H2,1H3. The van der Waals surface area contributed by atoms with E-state index >= 15 is 0 Å². The molecule has 2 N–H and O–H groups in total. The zero-order valence-electron chi connectivity index (χ0n) is 10.2. The van der Waals surface area contributed by atoms with Crippen molar-refractivity contribution >= 4 is 21.8 Å². The van der Waals surface area contributed by atoms with Crippen LogP contribution in [0.25, 0.3) is 0 Å². The highest BCUT2D eigenvalue weighted by Gasteiger charge is 2.27. The van der Waals surface area contributed by atoms with Crippen molar-refractivity contribution in [2.45, 2.75) is 31.8 Å². The van der Waals surface area contributed by atoms with E-state index in [1.165, 1.54) is 18.2 Å². The van der Waals surface area contributed by atoms with E-state index < -0.39 is 0 Å². The normalized spacial score (nSPS) is 24.1. The van der Waals surface area contributed by atoms with Gasteiger partial charge in [-0.1, -0.05) is 0 Å². The van der Waals surface area contributed by atoms with E-state index in [0.717, 1.165) is 12.8 Å². The Morgan fingerprint density at radius 2 is 2.28 bits per heavy atom. The largest absolute Gasteiger partial charge is 0.336 e. The number of amides is 1. The predicted molar refractivity (Wildman–Crippen MR) is 71.8 cm³/mol. The molecule has 18 heavy (non-hydrogen) atoms. The summed E-state index contributed by atoms with van der Waals surface area (Å²) < 4.78 is 13.5. The second-order valence-corrected chi connectivity index (χ2v) is 5.62. The fraction of sp³-hybridized carbons (Fsp3) is 0.462. The molecule has 0 aliphatic carbocycles. The van der Waals surface area contributed by atoms with Crippen LogP contribution in [0.1, 0.15) is 30.1 Å². The van der Waals surface area contributed by atoms with Gasteiger partial charge >= 0.3 is 0 Å². The van der Waals surface area contributed by atoms with Crippen molar-refractivity contribution in [3.05, 3.63) is 34.1 Å². The van der Waals surface area contributed by atoms with Gasteiger partial charge in [0.15, 0.2) is 0 Å². The van der Waals surface area contributed by atoms with Gasteiger partial charge < -0.3 is 10.6 Å². The zero-order chi connectivity index (χ0) is 13.3. The number of benzene rings is 1. The third-order valence-corrected chi connectivity index (χ3v) is 3.95. The topological polar surface area (TPSA) is 46.3 Å². The number of likely N-dealkylation sites (tertiary alicyclic amines) is 1. The molecule has 2 rings (SSSR count). The first-order valence-electron chi connectivity index (χ1n) is 6.00. The molecule has 1 aromatic carbocycles. The molecule has 1 aliphatic heterocycles. The van der Waals surface area contributed by atoms with Gasteiger partial charge in [0.1, 0.15) is 5.82 Å². The molecule has 5 heteroatoms. The van der Waals surface area contributed by atoms with Gasteiger partial charge in [-0.15, -0.1) is 0 Å². The van der Waals surface area contributed by atoms with Crippen LogP contribution in [0.15, 0.2) is 22.7 Å². The monoisotopic (exact) mass is 314 g/mol. The van der Waals surface area contributed by atoms with Gasteiger partial charge in [-0.2, -0.15) is 0 Å². The molecule has 1 heterocycles.